The Hall–Kier alpha value is -4.20. The van der Waals surface area contributed by atoms with Gasteiger partial charge >= 0.3 is 5.97 Å². The van der Waals surface area contributed by atoms with Crippen LogP contribution in [0.25, 0.3) is 11.3 Å². The summed E-state index contributed by atoms with van der Waals surface area (Å²) in [5.74, 6) is -0.506. The number of amides is 2. The van der Waals surface area contributed by atoms with Gasteiger partial charge in [-0.25, -0.2) is 10.2 Å². The summed E-state index contributed by atoms with van der Waals surface area (Å²) in [6.07, 6.45) is 2.09. The molecule has 8 nitrogen and oxygen atoms in total. The van der Waals surface area contributed by atoms with Gasteiger partial charge in [0.25, 0.3) is 11.8 Å². The lowest BCUT2D eigenvalue weighted by atomic mass is 10.0. The molecule has 0 bridgehead atoms. The third-order valence-electron chi connectivity index (χ3n) is 5.39. The molecule has 0 fully saturated rings. The highest BCUT2D eigenvalue weighted by Crippen LogP contribution is 2.26. The van der Waals surface area contributed by atoms with E-state index in [0.29, 0.717) is 34.8 Å². The smallest absolute Gasteiger partial charge is 0.338 e. The molecule has 0 saturated carbocycles. The van der Waals surface area contributed by atoms with E-state index >= 15 is 0 Å². The first-order valence-corrected chi connectivity index (χ1v) is 11.9. The summed E-state index contributed by atoms with van der Waals surface area (Å²) >= 11 is 0. The number of benzene rings is 2. The van der Waals surface area contributed by atoms with Crippen LogP contribution >= 0.6 is 0 Å². The Morgan fingerprint density at radius 2 is 1.75 bits per heavy atom. The van der Waals surface area contributed by atoms with Crippen LogP contribution in [0.3, 0.4) is 0 Å². The van der Waals surface area contributed by atoms with Crippen molar-refractivity contribution >= 4 is 24.0 Å². The molecule has 0 radical (unpaired) electrons. The highest BCUT2D eigenvalue weighted by molar-refractivity contribution is 5.98. The number of furan rings is 1. The molecule has 0 spiro atoms. The molecule has 2 aromatic carbocycles. The number of aryl methyl sites for hydroxylation is 1. The van der Waals surface area contributed by atoms with Crippen molar-refractivity contribution in [3.8, 4) is 11.3 Å². The summed E-state index contributed by atoms with van der Waals surface area (Å²) < 4.78 is 11.1. The van der Waals surface area contributed by atoms with Crippen LogP contribution in [-0.2, 0) is 9.53 Å². The third kappa shape index (κ3) is 6.91. The van der Waals surface area contributed by atoms with Crippen molar-refractivity contribution in [1.29, 1.82) is 0 Å². The average molecular weight is 490 g/mol. The Morgan fingerprint density at radius 1 is 1.03 bits per heavy atom. The largest absolute Gasteiger partial charge is 0.462 e. The number of carbonyl (C=O) groups excluding carboxylic acids is 3. The molecule has 3 aromatic rings. The molecular weight excluding hydrogens is 458 g/mol. The van der Waals surface area contributed by atoms with E-state index in [4.69, 9.17) is 9.15 Å². The van der Waals surface area contributed by atoms with Gasteiger partial charge in [0.2, 0.25) is 0 Å². The van der Waals surface area contributed by atoms with Crippen LogP contribution in [0, 0.1) is 12.8 Å². The maximum absolute atomic E-state index is 12.7. The lowest BCUT2D eigenvalue weighted by molar-refractivity contribution is -0.123. The maximum atomic E-state index is 12.7. The van der Waals surface area contributed by atoms with Crippen molar-refractivity contribution < 1.29 is 23.5 Å². The normalized spacial score (nSPS) is 11.9. The summed E-state index contributed by atoms with van der Waals surface area (Å²) in [5.41, 5.74) is 4.98. The molecule has 0 aliphatic rings. The molecule has 1 aromatic heterocycles. The van der Waals surface area contributed by atoms with E-state index in [1.54, 1.807) is 48.5 Å². The molecule has 8 heteroatoms. The van der Waals surface area contributed by atoms with Crippen molar-refractivity contribution in [3.63, 3.8) is 0 Å². The first-order valence-electron chi connectivity index (χ1n) is 11.9. The molecule has 0 saturated heterocycles. The Bertz CT molecular complexity index is 1230. The minimum absolute atomic E-state index is 0.159. The second kappa shape index (κ2) is 12.5. The molecule has 1 unspecified atom stereocenters. The van der Waals surface area contributed by atoms with E-state index in [1.165, 1.54) is 6.21 Å². The molecule has 36 heavy (non-hydrogen) atoms. The van der Waals surface area contributed by atoms with Crippen LogP contribution in [0.5, 0.6) is 0 Å². The first kappa shape index (κ1) is 26.4. The number of nitrogens with zero attached hydrogens (tertiary/aromatic N) is 1. The zero-order chi connectivity index (χ0) is 26.1. The van der Waals surface area contributed by atoms with Gasteiger partial charge in [-0.05, 0) is 49.6 Å². The summed E-state index contributed by atoms with van der Waals surface area (Å²) in [6.45, 7) is 7.88. The number of hydrogen-bond acceptors (Lipinski definition) is 6. The monoisotopic (exact) mass is 489 g/mol. The van der Waals surface area contributed by atoms with Gasteiger partial charge in [0.15, 0.2) is 0 Å². The number of hydrazone groups is 1. The van der Waals surface area contributed by atoms with Crippen LogP contribution in [-0.4, -0.2) is 36.6 Å². The van der Waals surface area contributed by atoms with Gasteiger partial charge in [0.05, 0.1) is 18.4 Å². The molecule has 1 atom stereocenters. The Labute approximate surface area is 210 Å². The molecule has 3 rings (SSSR count). The number of nitrogens with one attached hydrogen (secondary N) is 2. The van der Waals surface area contributed by atoms with E-state index in [9.17, 15) is 14.4 Å². The van der Waals surface area contributed by atoms with Crippen molar-refractivity contribution in [3.05, 3.63) is 83.1 Å². The van der Waals surface area contributed by atoms with Crippen molar-refractivity contribution in [2.24, 2.45) is 11.0 Å². The highest BCUT2D eigenvalue weighted by Gasteiger charge is 2.24. The number of carbonyl (C=O) groups is 3. The highest BCUT2D eigenvalue weighted by atomic mass is 16.5. The molecule has 188 valence electrons. The van der Waals surface area contributed by atoms with Crippen molar-refractivity contribution in [2.45, 2.75) is 40.2 Å². The van der Waals surface area contributed by atoms with E-state index in [0.717, 1.165) is 12.0 Å². The number of ether oxygens (including phenoxy) is 1. The third-order valence-corrected chi connectivity index (χ3v) is 5.39. The average Bonchev–Trinajstić information content (AvgIpc) is 3.34. The van der Waals surface area contributed by atoms with Crippen LogP contribution in [0.2, 0.25) is 0 Å². The van der Waals surface area contributed by atoms with E-state index in [1.807, 2.05) is 39.8 Å². The fourth-order valence-electron chi connectivity index (χ4n) is 3.41. The van der Waals surface area contributed by atoms with Gasteiger partial charge in [0.1, 0.15) is 17.6 Å². The zero-order valence-corrected chi connectivity index (χ0v) is 20.9. The molecule has 0 aliphatic carbocycles. The fraction of sp³-hybridized carbons (Fsp3) is 0.286. The quantitative estimate of drug-likeness (QED) is 0.243. The number of rotatable bonds is 10. The van der Waals surface area contributed by atoms with Crippen LogP contribution in [0.4, 0.5) is 0 Å². The molecule has 2 N–H and O–H groups in total. The Balaban J connectivity index is 1.65. The van der Waals surface area contributed by atoms with Gasteiger partial charge < -0.3 is 14.5 Å². The van der Waals surface area contributed by atoms with Crippen molar-refractivity contribution in [2.75, 3.05) is 6.61 Å². The lowest BCUT2D eigenvalue weighted by Crippen LogP contribution is -2.48. The second-order valence-electron chi connectivity index (χ2n) is 8.68. The number of esters is 1. The molecule has 0 aliphatic heterocycles. The van der Waals surface area contributed by atoms with Gasteiger partial charge in [-0.1, -0.05) is 56.7 Å². The summed E-state index contributed by atoms with van der Waals surface area (Å²) in [6, 6.07) is 16.8. The molecule has 2 amide bonds. The zero-order valence-electron chi connectivity index (χ0n) is 20.9. The van der Waals surface area contributed by atoms with Crippen LogP contribution in [0.1, 0.15) is 59.2 Å². The van der Waals surface area contributed by atoms with E-state index < -0.39 is 17.9 Å². The van der Waals surface area contributed by atoms with Gasteiger partial charge in [-0.2, -0.15) is 5.10 Å². The van der Waals surface area contributed by atoms with Gasteiger partial charge in [-0.3, -0.25) is 9.59 Å². The van der Waals surface area contributed by atoms with Gasteiger partial charge in [-0.15, -0.1) is 0 Å². The lowest BCUT2D eigenvalue weighted by Gasteiger charge is -2.20. The topological polar surface area (TPSA) is 110 Å². The predicted octanol–water partition coefficient (Wildman–Crippen LogP) is 4.73. The van der Waals surface area contributed by atoms with E-state index in [-0.39, 0.29) is 11.8 Å². The summed E-state index contributed by atoms with van der Waals surface area (Å²) in [5, 5.41) is 6.75. The maximum Gasteiger partial charge on any atom is 0.338 e. The van der Waals surface area contributed by atoms with E-state index in [2.05, 4.69) is 15.8 Å². The standard InChI is InChI=1S/C28H31N3O5/c1-5-16-35-28(34)23-9-7-6-8-22(23)24-15-14-21(36-24)17-29-31-27(33)25(18(2)3)30-26(32)20-12-10-19(4)11-13-20/h6-15,17-18,25H,5,16H2,1-4H3,(H,30,32)(H,31,33)/b29-17-. The fourth-order valence-corrected chi connectivity index (χ4v) is 3.41. The summed E-state index contributed by atoms with van der Waals surface area (Å²) in [4.78, 5) is 37.7. The molecule has 1 heterocycles. The minimum Gasteiger partial charge on any atom is -0.462 e. The molecular formula is C28H31N3O5. The van der Waals surface area contributed by atoms with Gasteiger partial charge in [0, 0.05) is 11.1 Å². The predicted molar refractivity (Wildman–Crippen MR) is 138 cm³/mol. The van der Waals surface area contributed by atoms with Crippen LogP contribution < -0.4 is 10.7 Å². The first-order chi connectivity index (χ1) is 17.3. The number of hydrogen-bond donors (Lipinski definition) is 2. The van der Waals surface area contributed by atoms with Crippen LogP contribution in [0.15, 0.2) is 70.2 Å². The van der Waals surface area contributed by atoms with Crippen molar-refractivity contribution in [1.82, 2.24) is 10.7 Å². The Morgan fingerprint density at radius 3 is 2.44 bits per heavy atom. The second-order valence-corrected chi connectivity index (χ2v) is 8.68. The SMILES string of the molecule is CCCOC(=O)c1ccccc1-c1ccc(/C=N\NC(=O)C(NC(=O)c2ccc(C)cc2)C(C)C)o1. The minimum atomic E-state index is -0.774. The summed E-state index contributed by atoms with van der Waals surface area (Å²) in [7, 11) is 0. The Kier molecular flexibility index (Phi) is 9.16.